The summed E-state index contributed by atoms with van der Waals surface area (Å²) in [6.45, 7) is 5.62. The predicted molar refractivity (Wildman–Crippen MR) is 107 cm³/mol. The zero-order valence-electron chi connectivity index (χ0n) is 15.8. The number of aromatic nitrogens is 4. The minimum atomic E-state index is -0.350. The monoisotopic (exact) mass is 382 g/mol. The van der Waals surface area contributed by atoms with Gasteiger partial charge in [0, 0.05) is 13.1 Å². The number of imidazole rings is 1. The summed E-state index contributed by atoms with van der Waals surface area (Å²) >= 11 is 0. The molecule has 1 aliphatic heterocycles. The smallest absolute Gasteiger partial charge is 0.332 e. The summed E-state index contributed by atoms with van der Waals surface area (Å²) < 4.78 is 13.6. The van der Waals surface area contributed by atoms with Crippen LogP contribution in [0.25, 0.3) is 23.3 Å². The molecule has 1 fully saturated rings. The van der Waals surface area contributed by atoms with Gasteiger partial charge in [0.2, 0.25) is 0 Å². The van der Waals surface area contributed by atoms with Crippen molar-refractivity contribution in [1.82, 2.24) is 19.1 Å². The third-order valence-electron chi connectivity index (χ3n) is 4.71. The first-order valence-electron chi connectivity index (χ1n) is 9.36. The van der Waals surface area contributed by atoms with Crippen molar-refractivity contribution in [2.75, 3.05) is 13.2 Å². The van der Waals surface area contributed by atoms with E-state index in [-0.39, 0.29) is 17.4 Å². The lowest BCUT2D eigenvalue weighted by Gasteiger charge is -2.26. The molecule has 3 aromatic rings. The number of aromatic amines is 1. The molecule has 4 rings (SSSR count). The standard InChI is InChI=1S/C20H22N4O4/c1-3-23-18-17(19(25)24(4-2)20(23)26)21-16(22-18)9-8-13-6-5-7-14(10-13)28-15-11-27-12-15/h5-10,15H,3-4,11-12H2,1-2H3,(H,21,22)/b9-8+. The Hall–Kier alpha value is -3.13. The summed E-state index contributed by atoms with van der Waals surface area (Å²) in [6, 6.07) is 7.71. The minimum absolute atomic E-state index is 0.112. The van der Waals surface area contributed by atoms with Crippen molar-refractivity contribution in [2.24, 2.45) is 0 Å². The highest BCUT2D eigenvalue weighted by molar-refractivity contribution is 5.75. The van der Waals surface area contributed by atoms with Gasteiger partial charge >= 0.3 is 5.69 Å². The van der Waals surface area contributed by atoms with E-state index in [1.807, 2.05) is 37.3 Å². The van der Waals surface area contributed by atoms with Crippen molar-refractivity contribution in [3.63, 3.8) is 0 Å². The quantitative estimate of drug-likeness (QED) is 0.703. The molecule has 0 aliphatic carbocycles. The zero-order valence-corrected chi connectivity index (χ0v) is 15.8. The number of benzene rings is 1. The average Bonchev–Trinajstić information content (AvgIpc) is 3.09. The molecule has 1 saturated heterocycles. The number of H-pyrrole nitrogens is 1. The van der Waals surface area contributed by atoms with E-state index in [0.717, 1.165) is 11.3 Å². The second-order valence-corrected chi connectivity index (χ2v) is 6.58. The average molecular weight is 382 g/mol. The van der Waals surface area contributed by atoms with Gasteiger partial charge in [-0.2, -0.15) is 0 Å². The van der Waals surface area contributed by atoms with Crippen molar-refractivity contribution < 1.29 is 9.47 Å². The molecule has 8 nitrogen and oxygen atoms in total. The van der Waals surface area contributed by atoms with Crippen LogP contribution in [0.4, 0.5) is 0 Å². The van der Waals surface area contributed by atoms with Gasteiger partial charge < -0.3 is 14.5 Å². The maximum Gasteiger partial charge on any atom is 0.332 e. The SMILES string of the molecule is CCn1c(=O)c2[nH]c(/C=C/c3cccc(OC4COC4)c3)nc2n(CC)c1=O. The Morgan fingerprint density at radius 1 is 1.21 bits per heavy atom. The first-order chi connectivity index (χ1) is 13.6. The summed E-state index contributed by atoms with van der Waals surface area (Å²) in [6.07, 6.45) is 3.78. The van der Waals surface area contributed by atoms with Crippen LogP contribution in [-0.2, 0) is 17.8 Å². The topological polar surface area (TPSA) is 91.1 Å². The van der Waals surface area contributed by atoms with E-state index in [1.165, 1.54) is 9.13 Å². The lowest BCUT2D eigenvalue weighted by Crippen LogP contribution is -2.39. The number of fused-ring (bicyclic) bond motifs is 1. The molecule has 28 heavy (non-hydrogen) atoms. The number of ether oxygens (including phenoxy) is 2. The number of hydrogen-bond donors (Lipinski definition) is 1. The fraction of sp³-hybridized carbons (Fsp3) is 0.350. The molecule has 0 atom stereocenters. The van der Waals surface area contributed by atoms with E-state index in [9.17, 15) is 9.59 Å². The molecule has 3 heterocycles. The fourth-order valence-electron chi connectivity index (χ4n) is 3.17. The molecule has 2 aromatic heterocycles. The highest BCUT2D eigenvalue weighted by atomic mass is 16.6. The second-order valence-electron chi connectivity index (χ2n) is 6.58. The van der Waals surface area contributed by atoms with E-state index < -0.39 is 0 Å². The largest absolute Gasteiger partial charge is 0.486 e. The zero-order chi connectivity index (χ0) is 19.7. The summed E-state index contributed by atoms with van der Waals surface area (Å²) in [5.41, 5.74) is 0.970. The maximum absolute atomic E-state index is 12.5. The lowest BCUT2D eigenvalue weighted by atomic mass is 10.2. The van der Waals surface area contributed by atoms with Crippen LogP contribution < -0.4 is 16.0 Å². The summed E-state index contributed by atoms with van der Waals surface area (Å²) in [5.74, 6) is 1.30. The summed E-state index contributed by atoms with van der Waals surface area (Å²) in [7, 11) is 0. The number of nitrogens with zero attached hydrogens (tertiary/aromatic N) is 3. The molecule has 1 aliphatic rings. The van der Waals surface area contributed by atoms with Gasteiger partial charge in [-0.1, -0.05) is 18.2 Å². The highest BCUT2D eigenvalue weighted by Crippen LogP contribution is 2.19. The molecule has 1 N–H and O–H groups in total. The van der Waals surface area contributed by atoms with Crippen LogP contribution in [0.5, 0.6) is 5.75 Å². The van der Waals surface area contributed by atoms with Crippen molar-refractivity contribution in [3.05, 3.63) is 56.5 Å². The predicted octanol–water partition coefficient (Wildman–Crippen LogP) is 1.87. The van der Waals surface area contributed by atoms with Crippen molar-refractivity contribution in [1.29, 1.82) is 0 Å². The number of rotatable bonds is 6. The number of hydrogen-bond acceptors (Lipinski definition) is 5. The Morgan fingerprint density at radius 3 is 2.68 bits per heavy atom. The Labute approximate surface area is 161 Å². The van der Waals surface area contributed by atoms with E-state index in [1.54, 1.807) is 13.0 Å². The van der Waals surface area contributed by atoms with Gasteiger partial charge in [0.05, 0.1) is 13.2 Å². The molecule has 0 bridgehead atoms. The van der Waals surface area contributed by atoms with E-state index in [0.29, 0.717) is 43.3 Å². The van der Waals surface area contributed by atoms with E-state index >= 15 is 0 Å². The van der Waals surface area contributed by atoms with E-state index in [2.05, 4.69) is 9.97 Å². The highest BCUT2D eigenvalue weighted by Gasteiger charge is 2.20. The van der Waals surface area contributed by atoms with Crippen molar-refractivity contribution >= 4 is 23.3 Å². The molecule has 0 unspecified atom stereocenters. The normalized spacial score (nSPS) is 14.6. The van der Waals surface area contributed by atoms with Crippen molar-refractivity contribution in [2.45, 2.75) is 33.0 Å². The number of nitrogens with one attached hydrogen (secondary N) is 1. The molecular weight excluding hydrogens is 360 g/mol. The van der Waals surface area contributed by atoms with Gasteiger partial charge in [0.15, 0.2) is 5.65 Å². The summed E-state index contributed by atoms with van der Waals surface area (Å²) in [4.78, 5) is 32.5. The first-order valence-corrected chi connectivity index (χ1v) is 9.36. The first kappa shape index (κ1) is 18.2. The van der Waals surface area contributed by atoms with Gasteiger partial charge in [-0.15, -0.1) is 0 Å². The van der Waals surface area contributed by atoms with Crippen LogP contribution in [0.15, 0.2) is 33.9 Å². The van der Waals surface area contributed by atoms with Crippen LogP contribution in [0.3, 0.4) is 0 Å². The van der Waals surface area contributed by atoms with Crippen LogP contribution in [-0.4, -0.2) is 38.4 Å². The molecule has 1 aromatic carbocycles. The molecule has 146 valence electrons. The second kappa shape index (κ2) is 7.47. The molecule has 0 amide bonds. The Morgan fingerprint density at radius 2 is 2.00 bits per heavy atom. The van der Waals surface area contributed by atoms with Gasteiger partial charge in [0.1, 0.15) is 23.2 Å². The number of aryl methyl sites for hydroxylation is 1. The Bertz CT molecular complexity index is 1150. The van der Waals surface area contributed by atoms with Crippen LogP contribution in [0.2, 0.25) is 0 Å². The fourth-order valence-corrected chi connectivity index (χ4v) is 3.17. The van der Waals surface area contributed by atoms with Gasteiger partial charge in [-0.05, 0) is 37.6 Å². The third-order valence-corrected chi connectivity index (χ3v) is 4.71. The maximum atomic E-state index is 12.5. The van der Waals surface area contributed by atoms with Gasteiger partial charge in [-0.3, -0.25) is 13.9 Å². The van der Waals surface area contributed by atoms with E-state index in [4.69, 9.17) is 9.47 Å². The van der Waals surface area contributed by atoms with Crippen LogP contribution >= 0.6 is 0 Å². The van der Waals surface area contributed by atoms with Gasteiger partial charge in [-0.25, -0.2) is 9.78 Å². The molecular formula is C20H22N4O4. The van der Waals surface area contributed by atoms with Crippen LogP contribution in [0.1, 0.15) is 25.2 Å². The minimum Gasteiger partial charge on any atom is -0.486 e. The molecule has 8 heteroatoms. The van der Waals surface area contributed by atoms with Gasteiger partial charge in [0.25, 0.3) is 5.56 Å². The summed E-state index contributed by atoms with van der Waals surface area (Å²) in [5, 5.41) is 0. The Balaban J connectivity index is 1.66. The van der Waals surface area contributed by atoms with Crippen molar-refractivity contribution in [3.8, 4) is 5.75 Å². The third kappa shape index (κ3) is 3.27. The molecule has 0 spiro atoms. The Kier molecular flexibility index (Phi) is 4.87. The molecule has 0 radical (unpaired) electrons. The lowest BCUT2D eigenvalue weighted by molar-refractivity contribution is -0.0796. The van der Waals surface area contributed by atoms with Crippen LogP contribution in [0, 0.1) is 0 Å². The molecule has 0 saturated carbocycles.